The van der Waals surface area contributed by atoms with E-state index in [4.69, 9.17) is 0 Å². The van der Waals surface area contributed by atoms with Crippen LogP contribution in [-0.2, 0) is 12.4 Å². The molecule has 3 nitrogen and oxygen atoms in total. The van der Waals surface area contributed by atoms with Crippen molar-refractivity contribution in [2.45, 2.75) is 19.3 Å². The number of benzene rings is 8. The Morgan fingerprint density at radius 3 is 1.41 bits per heavy atom. The maximum atomic E-state index is 15.2. The summed E-state index contributed by atoms with van der Waals surface area (Å²) in [7, 11) is 0. The van der Waals surface area contributed by atoms with Crippen LogP contribution in [-0.4, -0.2) is 9.13 Å². The van der Waals surface area contributed by atoms with Gasteiger partial charge in [-0.3, -0.25) is 0 Å². The predicted octanol–water partition coefficient (Wildman–Crippen LogP) is 15.1. The molecule has 296 valence electrons. The highest BCUT2D eigenvalue weighted by atomic mass is 19.4. The Balaban J connectivity index is 1.34. The second kappa shape index (κ2) is 14.0. The minimum Gasteiger partial charge on any atom is -0.309 e. The van der Waals surface area contributed by atoms with Gasteiger partial charge in [-0.1, -0.05) is 115 Å². The number of hydrogen-bond donors (Lipinski definition) is 0. The first-order valence-electron chi connectivity index (χ1n) is 19.5. The summed E-state index contributed by atoms with van der Waals surface area (Å²) in [5.74, 6) is 0. The van der Waals surface area contributed by atoms with Gasteiger partial charge in [0.1, 0.15) is 6.07 Å². The van der Waals surface area contributed by atoms with E-state index in [1.165, 1.54) is 12.1 Å². The van der Waals surface area contributed by atoms with E-state index < -0.39 is 29.0 Å². The van der Waals surface area contributed by atoms with Crippen molar-refractivity contribution in [1.82, 2.24) is 9.13 Å². The summed E-state index contributed by atoms with van der Waals surface area (Å²) in [4.78, 5) is 0. The molecule has 0 aliphatic heterocycles. The summed E-state index contributed by atoms with van der Waals surface area (Å²) in [5, 5.41) is 14.0. The first-order valence-corrected chi connectivity index (χ1v) is 19.5. The fourth-order valence-electron chi connectivity index (χ4n) is 8.75. The molecular weight excluding hydrogens is 781 g/mol. The fourth-order valence-corrected chi connectivity index (χ4v) is 8.75. The zero-order valence-electron chi connectivity index (χ0n) is 32.3. The van der Waals surface area contributed by atoms with Gasteiger partial charge in [0.25, 0.3) is 0 Å². The topological polar surface area (TPSA) is 33.6 Å². The first-order chi connectivity index (χ1) is 29.4. The van der Waals surface area contributed by atoms with Crippen LogP contribution in [0.2, 0.25) is 0 Å². The van der Waals surface area contributed by atoms with Crippen LogP contribution in [0.4, 0.5) is 26.3 Å². The van der Waals surface area contributed by atoms with E-state index in [9.17, 15) is 5.26 Å². The molecule has 0 N–H and O–H groups in total. The molecule has 0 bridgehead atoms. The molecule has 8 aromatic carbocycles. The lowest BCUT2D eigenvalue weighted by atomic mass is 9.90. The molecule has 2 aromatic heterocycles. The molecule has 0 amide bonds. The third kappa shape index (κ3) is 6.22. The fraction of sp³-hybridized carbons (Fsp3) is 0.0577. The lowest BCUT2D eigenvalue weighted by Gasteiger charge is -2.24. The molecule has 61 heavy (non-hydrogen) atoms. The van der Waals surface area contributed by atoms with Crippen LogP contribution in [0.25, 0.3) is 88.4 Å². The quantitative estimate of drug-likeness (QED) is 0.159. The van der Waals surface area contributed by atoms with E-state index in [1.807, 2.05) is 134 Å². The number of nitrogens with zero attached hydrogens (tertiary/aromatic N) is 3. The number of alkyl halides is 6. The molecule has 0 aliphatic rings. The molecule has 0 spiro atoms. The van der Waals surface area contributed by atoms with Gasteiger partial charge in [0.05, 0.1) is 50.1 Å². The van der Waals surface area contributed by atoms with Gasteiger partial charge in [-0.25, -0.2) is 0 Å². The second-order valence-corrected chi connectivity index (χ2v) is 15.1. The number of para-hydroxylation sites is 2. The highest BCUT2D eigenvalue weighted by Crippen LogP contribution is 2.49. The molecule has 0 saturated heterocycles. The van der Waals surface area contributed by atoms with Gasteiger partial charge in [-0.2, -0.15) is 31.6 Å². The number of fused-ring (bicyclic) bond motifs is 6. The van der Waals surface area contributed by atoms with Crippen molar-refractivity contribution in [3.8, 4) is 50.8 Å². The van der Waals surface area contributed by atoms with Crippen LogP contribution in [0.5, 0.6) is 0 Å². The van der Waals surface area contributed by atoms with Crippen LogP contribution in [0.1, 0.15) is 22.3 Å². The van der Waals surface area contributed by atoms with Crippen LogP contribution in [0.3, 0.4) is 0 Å². The van der Waals surface area contributed by atoms with Crippen molar-refractivity contribution in [3.63, 3.8) is 0 Å². The van der Waals surface area contributed by atoms with Gasteiger partial charge in [0.2, 0.25) is 0 Å². The van der Waals surface area contributed by atoms with Gasteiger partial charge < -0.3 is 9.13 Å². The molecule has 0 aliphatic carbocycles. The Morgan fingerprint density at radius 2 is 0.885 bits per heavy atom. The average Bonchev–Trinajstić information content (AvgIpc) is 3.77. The lowest BCUT2D eigenvalue weighted by molar-refractivity contribution is -0.142. The first kappa shape index (κ1) is 37.7. The van der Waals surface area contributed by atoms with Crippen LogP contribution >= 0.6 is 0 Å². The van der Waals surface area contributed by atoms with E-state index in [0.717, 1.165) is 55.4 Å². The molecule has 10 rings (SSSR count). The molecule has 0 atom stereocenters. The van der Waals surface area contributed by atoms with Gasteiger partial charge in [0, 0.05) is 32.7 Å². The number of nitriles is 1. The summed E-state index contributed by atoms with van der Waals surface area (Å²) >= 11 is 0. The Morgan fingerprint density at radius 1 is 0.426 bits per heavy atom. The number of rotatable bonds is 5. The molecule has 0 fully saturated rings. The van der Waals surface area contributed by atoms with Crippen molar-refractivity contribution >= 4 is 43.6 Å². The normalized spacial score (nSPS) is 12.2. The third-order valence-corrected chi connectivity index (χ3v) is 11.5. The smallest absolute Gasteiger partial charge is 0.309 e. The zero-order valence-corrected chi connectivity index (χ0v) is 32.3. The zero-order chi connectivity index (χ0) is 42.2. The summed E-state index contributed by atoms with van der Waals surface area (Å²) in [6.07, 6.45) is -10.3. The molecule has 10 aromatic rings. The molecule has 0 saturated carbocycles. The maximum absolute atomic E-state index is 15.2. The monoisotopic (exact) mass is 811 g/mol. The maximum Gasteiger partial charge on any atom is 0.417 e. The van der Waals surface area contributed by atoms with Crippen molar-refractivity contribution in [3.05, 3.63) is 192 Å². The predicted molar refractivity (Wildman–Crippen MR) is 231 cm³/mol. The Bertz CT molecular complexity index is 3370. The molecule has 0 unspecified atom stereocenters. The largest absolute Gasteiger partial charge is 0.417 e. The number of halogens is 6. The van der Waals surface area contributed by atoms with Gasteiger partial charge in [0.15, 0.2) is 0 Å². The minimum absolute atomic E-state index is 0.0106. The third-order valence-electron chi connectivity index (χ3n) is 11.5. The molecule has 0 radical (unpaired) electrons. The van der Waals surface area contributed by atoms with Crippen molar-refractivity contribution in [2.24, 2.45) is 0 Å². The van der Waals surface area contributed by atoms with Crippen molar-refractivity contribution < 1.29 is 26.3 Å². The van der Waals surface area contributed by atoms with E-state index in [1.54, 1.807) is 21.3 Å². The summed E-state index contributed by atoms with van der Waals surface area (Å²) < 4.78 is 94.6. The summed E-state index contributed by atoms with van der Waals surface area (Å²) in [6, 6.07) is 51.0. The number of aryl methyl sites for hydroxylation is 1. The van der Waals surface area contributed by atoms with Crippen LogP contribution in [0.15, 0.2) is 170 Å². The van der Waals surface area contributed by atoms with E-state index in [0.29, 0.717) is 34.2 Å². The number of aromatic nitrogens is 2. The Labute approximate surface area is 345 Å². The molecular formula is C52H31F6N3. The highest BCUT2D eigenvalue weighted by molar-refractivity contribution is 6.12. The second-order valence-electron chi connectivity index (χ2n) is 15.1. The molecule has 2 heterocycles. The van der Waals surface area contributed by atoms with Gasteiger partial charge in [-0.05, 0) is 89.8 Å². The SMILES string of the molecule is Cc1ccc(-c2ccc3c(c2)c2ccccc2n3-c2cc(-c3c(C(F)(F)F)cccc3C(F)(F)F)c(-n3c4ccccc4c4cc(-c5ccccc5)ccc43)cc2C#N)cc1. The van der Waals surface area contributed by atoms with E-state index in [2.05, 4.69) is 6.07 Å². The molecule has 9 heteroatoms. The Kier molecular flexibility index (Phi) is 8.67. The van der Waals surface area contributed by atoms with E-state index >= 15 is 26.3 Å². The van der Waals surface area contributed by atoms with Crippen molar-refractivity contribution in [2.75, 3.05) is 0 Å². The average molecular weight is 812 g/mol. The van der Waals surface area contributed by atoms with Crippen molar-refractivity contribution in [1.29, 1.82) is 5.26 Å². The number of hydrogen-bond acceptors (Lipinski definition) is 1. The minimum atomic E-state index is -5.17. The summed E-state index contributed by atoms with van der Waals surface area (Å²) in [6.45, 7) is 2.00. The lowest BCUT2D eigenvalue weighted by Crippen LogP contribution is -2.15. The standard InChI is InChI=1S/C52H31F6N3/c1-31-18-20-33(21-19-31)35-23-24-46-39(27-35)37-12-5-7-16-44(37)60(46)48-29-41(50-42(51(53,54)55)14-9-15-43(50)52(56,57)58)49(28-36(48)30-59)61-45-17-8-6-13-38(45)40-26-34(22-25-47(40)61)32-10-3-2-4-11-32/h2-29H,1H3. The van der Waals surface area contributed by atoms with Crippen LogP contribution < -0.4 is 0 Å². The highest BCUT2D eigenvalue weighted by Gasteiger charge is 2.42. The van der Waals surface area contributed by atoms with Crippen LogP contribution in [0, 0.1) is 18.3 Å². The van der Waals surface area contributed by atoms with Gasteiger partial charge in [-0.15, -0.1) is 0 Å². The van der Waals surface area contributed by atoms with Gasteiger partial charge >= 0.3 is 12.4 Å². The summed E-state index contributed by atoms with van der Waals surface area (Å²) in [5.41, 5.74) is 3.03. The van der Waals surface area contributed by atoms with E-state index in [-0.39, 0.29) is 22.5 Å². The Hall–Kier alpha value is -7.57.